The fourth-order valence-electron chi connectivity index (χ4n) is 4.19. The Hall–Kier alpha value is -4.02. The number of aromatic amines is 1. The zero-order valence-corrected chi connectivity index (χ0v) is 18.2. The van der Waals surface area contributed by atoms with Gasteiger partial charge in [0, 0.05) is 31.0 Å². The van der Waals surface area contributed by atoms with Crippen LogP contribution in [-0.4, -0.2) is 44.1 Å². The van der Waals surface area contributed by atoms with Crippen LogP contribution in [0.1, 0.15) is 18.4 Å². The third-order valence-corrected chi connectivity index (χ3v) is 6.06. The van der Waals surface area contributed by atoms with E-state index in [0.717, 1.165) is 18.6 Å². The molecule has 3 heterocycles. The molecule has 0 unspecified atom stereocenters. The number of aliphatic carboxylic acids is 1. The highest BCUT2D eigenvalue weighted by atomic mass is 19.4. The number of hydrogen-bond acceptors (Lipinski definition) is 5. The number of carbonyl (C=O) groups is 1. The van der Waals surface area contributed by atoms with Gasteiger partial charge in [-0.25, -0.2) is 19.3 Å². The van der Waals surface area contributed by atoms with Crippen LogP contribution >= 0.6 is 0 Å². The predicted octanol–water partition coefficient (Wildman–Crippen LogP) is 5.15. The minimum Gasteiger partial charge on any atom is -0.481 e. The van der Waals surface area contributed by atoms with Gasteiger partial charge < -0.3 is 15.0 Å². The molecule has 2 aromatic heterocycles. The number of piperidine rings is 1. The Balaban J connectivity index is 1.38. The number of imidazole rings is 1. The van der Waals surface area contributed by atoms with Crippen LogP contribution in [0.4, 0.5) is 23.5 Å². The Morgan fingerprint density at radius 1 is 1.09 bits per heavy atom. The van der Waals surface area contributed by atoms with Crippen LogP contribution in [0, 0.1) is 11.7 Å². The lowest BCUT2D eigenvalue weighted by molar-refractivity contribution is -0.142. The van der Waals surface area contributed by atoms with Crippen molar-refractivity contribution in [1.29, 1.82) is 0 Å². The second kappa shape index (κ2) is 8.64. The van der Waals surface area contributed by atoms with Crippen molar-refractivity contribution in [3.8, 4) is 22.5 Å². The van der Waals surface area contributed by atoms with E-state index in [9.17, 15) is 27.5 Å². The summed E-state index contributed by atoms with van der Waals surface area (Å²) in [6, 6.07) is 7.53. The molecule has 2 N–H and O–H groups in total. The lowest BCUT2D eigenvalue weighted by atomic mass is 9.99. The summed E-state index contributed by atoms with van der Waals surface area (Å²) in [6.07, 6.45) is -0.0592. The standard InChI is InChI=1S/C24H19F4N5O2/c25-18-8-13(15-10-29-23(30-11-15)33-7-1-2-14(12-33)22(34)35)3-5-17(18)21-31-19-6-4-16(24(26,27)28)9-20(19)32-21/h3-6,8-11,14H,1-2,7,12H2,(H,31,32)(H,34,35)/t14-/m0/s1. The van der Waals surface area contributed by atoms with Crippen molar-refractivity contribution in [3.05, 3.63) is 60.2 Å². The largest absolute Gasteiger partial charge is 0.481 e. The first-order valence-electron chi connectivity index (χ1n) is 10.9. The molecule has 1 aliphatic rings. The van der Waals surface area contributed by atoms with Crippen molar-refractivity contribution in [3.63, 3.8) is 0 Å². The Labute approximate surface area is 196 Å². The number of carboxylic acids is 1. The molecule has 0 amide bonds. The highest BCUT2D eigenvalue weighted by Crippen LogP contribution is 2.33. The minimum absolute atomic E-state index is 0.115. The first-order valence-corrected chi connectivity index (χ1v) is 10.9. The molecule has 5 rings (SSSR count). The molecule has 4 aromatic rings. The molecule has 1 aliphatic heterocycles. The van der Waals surface area contributed by atoms with Gasteiger partial charge in [0.1, 0.15) is 11.6 Å². The van der Waals surface area contributed by atoms with Gasteiger partial charge in [0.2, 0.25) is 5.95 Å². The van der Waals surface area contributed by atoms with Gasteiger partial charge in [-0.15, -0.1) is 0 Å². The third kappa shape index (κ3) is 4.53. The van der Waals surface area contributed by atoms with Crippen molar-refractivity contribution in [2.45, 2.75) is 19.0 Å². The van der Waals surface area contributed by atoms with E-state index in [4.69, 9.17) is 0 Å². The summed E-state index contributed by atoms with van der Waals surface area (Å²) in [5.41, 5.74) is 0.820. The van der Waals surface area contributed by atoms with Gasteiger partial charge in [-0.2, -0.15) is 13.2 Å². The fraction of sp³-hybridized carbons (Fsp3) is 0.250. The zero-order chi connectivity index (χ0) is 24.7. The van der Waals surface area contributed by atoms with Gasteiger partial charge in [0.05, 0.1) is 28.1 Å². The molecule has 2 aromatic carbocycles. The molecule has 0 bridgehead atoms. The number of hydrogen-bond donors (Lipinski definition) is 2. The Bertz CT molecular complexity index is 1400. The van der Waals surface area contributed by atoms with Gasteiger partial charge in [0.15, 0.2) is 0 Å². The summed E-state index contributed by atoms with van der Waals surface area (Å²) < 4.78 is 53.9. The zero-order valence-electron chi connectivity index (χ0n) is 18.2. The maximum absolute atomic E-state index is 15.0. The fourth-order valence-corrected chi connectivity index (χ4v) is 4.19. The Morgan fingerprint density at radius 2 is 1.86 bits per heavy atom. The molecule has 0 aliphatic carbocycles. The van der Waals surface area contributed by atoms with Gasteiger partial charge in [0.25, 0.3) is 0 Å². The lowest BCUT2D eigenvalue weighted by Gasteiger charge is -2.30. The molecule has 1 atom stereocenters. The van der Waals surface area contributed by atoms with Crippen molar-refractivity contribution in [1.82, 2.24) is 19.9 Å². The molecule has 35 heavy (non-hydrogen) atoms. The van der Waals surface area contributed by atoms with Crippen LogP contribution in [0.3, 0.4) is 0 Å². The van der Waals surface area contributed by atoms with Gasteiger partial charge >= 0.3 is 12.1 Å². The van der Waals surface area contributed by atoms with Crippen molar-refractivity contribution < 1.29 is 27.5 Å². The van der Waals surface area contributed by atoms with E-state index < -0.39 is 29.4 Å². The van der Waals surface area contributed by atoms with Crippen molar-refractivity contribution >= 4 is 23.0 Å². The SMILES string of the molecule is O=C(O)[C@H]1CCCN(c2ncc(-c3ccc(-c4nc5ccc(C(F)(F)F)cc5[nH]4)c(F)c3)cn2)C1. The number of aromatic nitrogens is 4. The number of nitrogens with one attached hydrogen (secondary N) is 1. The van der Waals surface area contributed by atoms with Crippen LogP contribution in [0.2, 0.25) is 0 Å². The van der Waals surface area contributed by atoms with Gasteiger partial charge in [-0.05, 0) is 48.7 Å². The van der Waals surface area contributed by atoms with E-state index in [1.807, 2.05) is 4.90 Å². The minimum atomic E-state index is -4.49. The number of nitrogens with zero attached hydrogens (tertiary/aromatic N) is 4. The summed E-state index contributed by atoms with van der Waals surface area (Å²) in [6.45, 7) is 0.994. The summed E-state index contributed by atoms with van der Waals surface area (Å²) in [7, 11) is 0. The molecule has 180 valence electrons. The molecule has 11 heteroatoms. The average Bonchev–Trinajstić information content (AvgIpc) is 3.27. The second-order valence-corrected chi connectivity index (χ2v) is 8.40. The van der Waals surface area contributed by atoms with E-state index in [2.05, 4.69) is 19.9 Å². The molecular weight excluding hydrogens is 466 g/mol. The molecule has 1 saturated heterocycles. The van der Waals surface area contributed by atoms with Crippen LogP contribution in [0.15, 0.2) is 48.8 Å². The second-order valence-electron chi connectivity index (χ2n) is 8.40. The summed E-state index contributed by atoms with van der Waals surface area (Å²) >= 11 is 0. The summed E-state index contributed by atoms with van der Waals surface area (Å²) in [5.74, 6) is -1.38. The molecule has 7 nitrogen and oxygen atoms in total. The van der Waals surface area contributed by atoms with E-state index in [1.54, 1.807) is 18.5 Å². The van der Waals surface area contributed by atoms with Crippen LogP contribution in [-0.2, 0) is 11.0 Å². The molecule has 1 fully saturated rings. The van der Waals surface area contributed by atoms with E-state index in [0.29, 0.717) is 42.1 Å². The normalized spacial score (nSPS) is 16.6. The number of anilines is 1. The number of halogens is 4. The number of benzene rings is 2. The van der Waals surface area contributed by atoms with E-state index in [-0.39, 0.29) is 16.9 Å². The topological polar surface area (TPSA) is 95.0 Å². The predicted molar refractivity (Wildman–Crippen MR) is 120 cm³/mol. The first-order chi connectivity index (χ1) is 16.7. The lowest BCUT2D eigenvalue weighted by Crippen LogP contribution is -2.39. The summed E-state index contributed by atoms with van der Waals surface area (Å²) in [5, 5.41) is 9.26. The van der Waals surface area contributed by atoms with Gasteiger partial charge in [-0.3, -0.25) is 4.79 Å². The van der Waals surface area contributed by atoms with Crippen LogP contribution in [0.5, 0.6) is 0 Å². The third-order valence-electron chi connectivity index (χ3n) is 6.06. The molecule has 0 saturated carbocycles. The van der Waals surface area contributed by atoms with Crippen LogP contribution in [0.25, 0.3) is 33.5 Å². The monoisotopic (exact) mass is 485 g/mol. The van der Waals surface area contributed by atoms with Crippen molar-refractivity contribution in [2.75, 3.05) is 18.0 Å². The number of carboxylic acid groups (broad SMARTS) is 1. The maximum Gasteiger partial charge on any atom is 0.416 e. The average molecular weight is 485 g/mol. The maximum atomic E-state index is 15.0. The quantitative estimate of drug-likeness (QED) is 0.389. The number of alkyl halides is 3. The van der Waals surface area contributed by atoms with Crippen molar-refractivity contribution in [2.24, 2.45) is 5.92 Å². The Kier molecular flexibility index (Phi) is 5.62. The van der Waals surface area contributed by atoms with E-state index >= 15 is 0 Å². The summed E-state index contributed by atoms with van der Waals surface area (Å²) in [4.78, 5) is 28.7. The smallest absolute Gasteiger partial charge is 0.416 e. The first kappa shape index (κ1) is 22.8. The highest BCUT2D eigenvalue weighted by Gasteiger charge is 2.31. The van der Waals surface area contributed by atoms with Crippen LogP contribution < -0.4 is 4.90 Å². The number of fused-ring (bicyclic) bond motifs is 1. The molecule has 0 radical (unpaired) electrons. The highest BCUT2D eigenvalue weighted by molar-refractivity contribution is 5.81. The molecular formula is C24H19F4N5O2. The number of H-pyrrole nitrogens is 1. The van der Waals surface area contributed by atoms with E-state index in [1.165, 1.54) is 18.2 Å². The Morgan fingerprint density at radius 3 is 2.54 bits per heavy atom. The number of rotatable bonds is 4. The van der Waals surface area contributed by atoms with Gasteiger partial charge in [-0.1, -0.05) is 6.07 Å². The molecule has 0 spiro atoms.